The number of nitrogens with one attached hydrogen (secondary N) is 1. The summed E-state index contributed by atoms with van der Waals surface area (Å²) in [6.45, 7) is 0.649. The predicted octanol–water partition coefficient (Wildman–Crippen LogP) is 3.47. The van der Waals surface area contributed by atoms with Gasteiger partial charge in [-0.3, -0.25) is 15.1 Å². The molecule has 0 bridgehead atoms. The van der Waals surface area contributed by atoms with E-state index in [1.165, 1.54) is 17.0 Å². The van der Waals surface area contributed by atoms with Gasteiger partial charge in [0, 0.05) is 23.5 Å². The molecule has 108 valence electrons. The zero-order chi connectivity index (χ0) is 15.1. The molecule has 3 aromatic rings. The van der Waals surface area contributed by atoms with Crippen molar-refractivity contribution in [3.8, 4) is 0 Å². The Hall–Kier alpha value is -2.95. The molecule has 1 N–H and O–H groups in total. The SMILES string of the molecule is O=[N+]([O-])c1ccccc1C1=NCCc2c1[nH]c1ccccc21. The molecule has 0 radical (unpaired) electrons. The van der Waals surface area contributed by atoms with Gasteiger partial charge in [-0.2, -0.15) is 0 Å². The lowest BCUT2D eigenvalue weighted by Crippen LogP contribution is -2.15. The van der Waals surface area contributed by atoms with Crippen molar-refractivity contribution in [3.63, 3.8) is 0 Å². The number of nitro benzene ring substituents is 1. The van der Waals surface area contributed by atoms with Crippen LogP contribution in [0.4, 0.5) is 5.69 Å². The Morgan fingerprint density at radius 3 is 2.73 bits per heavy atom. The van der Waals surface area contributed by atoms with Crippen LogP contribution in [0.1, 0.15) is 16.8 Å². The van der Waals surface area contributed by atoms with Gasteiger partial charge in [0.25, 0.3) is 5.69 Å². The fourth-order valence-corrected chi connectivity index (χ4v) is 3.07. The number of aromatic amines is 1. The third kappa shape index (κ3) is 1.83. The number of nitrogens with zero attached hydrogens (tertiary/aromatic N) is 2. The minimum absolute atomic E-state index is 0.0905. The maximum absolute atomic E-state index is 11.3. The molecule has 4 rings (SSSR count). The van der Waals surface area contributed by atoms with Crippen molar-refractivity contribution in [2.75, 3.05) is 6.54 Å². The lowest BCUT2D eigenvalue weighted by Gasteiger charge is -2.13. The Morgan fingerprint density at radius 1 is 1.09 bits per heavy atom. The number of rotatable bonds is 2. The Balaban J connectivity index is 1.96. The number of aromatic nitrogens is 1. The molecule has 0 saturated heterocycles. The van der Waals surface area contributed by atoms with Crippen molar-refractivity contribution in [1.82, 2.24) is 4.98 Å². The van der Waals surface area contributed by atoms with Gasteiger partial charge < -0.3 is 4.98 Å². The van der Waals surface area contributed by atoms with Crippen LogP contribution in [0.3, 0.4) is 0 Å². The smallest absolute Gasteiger partial charge is 0.278 e. The molecule has 0 fully saturated rings. The molecule has 0 atom stereocenters. The second kappa shape index (κ2) is 4.80. The maximum atomic E-state index is 11.3. The molecule has 0 amide bonds. The normalized spacial score (nSPS) is 13.7. The van der Waals surface area contributed by atoms with E-state index in [1.54, 1.807) is 12.1 Å². The van der Waals surface area contributed by atoms with E-state index in [0.717, 1.165) is 17.6 Å². The van der Waals surface area contributed by atoms with Crippen LogP contribution in [0.2, 0.25) is 0 Å². The first-order chi connectivity index (χ1) is 10.8. The highest BCUT2D eigenvalue weighted by molar-refractivity contribution is 6.17. The van der Waals surface area contributed by atoms with E-state index >= 15 is 0 Å². The molecule has 0 spiro atoms. The van der Waals surface area contributed by atoms with Crippen LogP contribution in [0, 0.1) is 10.1 Å². The van der Waals surface area contributed by atoms with Crippen molar-refractivity contribution < 1.29 is 4.92 Å². The van der Waals surface area contributed by atoms with E-state index < -0.39 is 0 Å². The fourth-order valence-electron chi connectivity index (χ4n) is 3.07. The van der Waals surface area contributed by atoms with Gasteiger partial charge in [0.05, 0.1) is 21.9 Å². The summed E-state index contributed by atoms with van der Waals surface area (Å²) >= 11 is 0. The zero-order valence-electron chi connectivity index (χ0n) is 11.7. The molecule has 0 aliphatic carbocycles. The summed E-state index contributed by atoms with van der Waals surface area (Å²) in [7, 11) is 0. The van der Waals surface area contributed by atoms with E-state index in [4.69, 9.17) is 0 Å². The quantitative estimate of drug-likeness (QED) is 0.580. The Kier molecular flexibility index (Phi) is 2.79. The van der Waals surface area contributed by atoms with E-state index in [0.29, 0.717) is 17.8 Å². The number of fused-ring (bicyclic) bond motifs is 3. The molecule has 5 heteroatoms. The first kappa shape index (κ1) is 12.8. The number of nitro groups is 1. The Morgan fingerprint density at radius 2 is 1.86 bits per heavy atom. The molecule has 1 aliphatic heterocycles. The van der Waals surface area contributed by atoms with Gasteiger partial charge in [-0.1, -0.05) is 30.3 Å². The largest absolute Gasteiger partial charge is 0.353 e. The van der Waals surface area contributed by atoms with Crippen LogP contribution >= 0.6 is 0 Å². The standard InChI is InChI=1S/C17H13N3O2/c21-20(22)15-8-4-2-6-13(15)16-17-12(9-10-18-16)11-5-1-3-7-14(11)19-17/h1-8,19H,9-10H2. The highest BCUT2D eigenvalue weighted by atomic mass is 16.6. The molecule has 0 saturated carbocycles. The van der Waals surface area contributed by atoms with Crippen LogP contribution in [0.5, 0.6) is 0 Å². The van der Waals surface area contributed by atoms with Crippen LogP contribution in [-0.2, 0) is 6.42 Å². The molecule has 1 aliphatic rings. The van der Waals surface area contributed by atoms with Gasteiger partial charge in [0.2, 0.25) is 0 Å². The Labute approximate surface area is 126 Å². The maximum Gasteiger partial charge on any atom is 0.278 e. The lowest BCUT2D eigenvalue weighted by atomic mass is 9.97. The van der Waals surface area contributed by atoms with Crippen molar-refractivity contribution in [3.05, 3.63) is 75.5 Å². The summed E-state index contributed by atoms with van der Waals surface area (Å²) in [5.74, 6) is 0. The van der Waals surface area contributed by atoms with Crippen molar-refractivity contribution in [2.45, 2.75) is 6.42 Å². The van der Waals surface area contributed by atoms with E-state index in [2.05, 4.69) is 16.0 Å². The van der Waals surface area contributed by atoms with Crippen LogP contribution in [-0.4, -0.2) is 22.2 Å². The van der Waals surface area contributed by atoms with Crippen molar-refractivity contribution >= 4 is 22.3 Å². The summed E-state index contributed by atoms with van der Waals surface area (Å²) < 4.78 is 0. The third-order valence-electron chi connectivity index (χ3n) is 4.04. The number of hydrogen-bond donors (Lipinski definition) is 1. The van der Waals surface area contributed by atoms with Gasteiger partial charge in [-0.25, -0.2) is 0 Å². The summed E-state index contributed by atoms with van der Waals surface area (Å²) in [6, 6.07) is 14.8. The van der Waals surface area contributed by atoms with E-state index in [9.17, 15) is 10.1 Å². The second-order valence-corrected chi connectivity index (χ2v) is 5.28. The average Bonchev–Trinajstić information content (AvgIpc) is 2.93. The van der Waals surface area contributed by atoms with Crippen LogP contribution in [0.25, 0.3) is 10.9 Å². The molecule has 2 aromatic carbocycles. The van der Waals surface area contributed by atoms with Gasteiger partial charge in [-0.15, -0.1) is 0 Å². The van der Waals surface area contributed by atoms with Crippen molar-refractivity contribution in [1.29, 1.82) is 0 Å². The minimum atomic E-state index is -0.352. The van der Waals surface area contributed by atoms with Crippen molar-refractivity contribution in [2.24, 2.45) is 4.99 Å². The highest BCUT2D eigenvalue weighted by Crippen LogP contribution is 2.30. The summed E-state index contributed by atoms with van der Waals surface area (Å²) in [5, 5.41) is 12.5. The fraction of sp³-hybridized carbons (Fsp3) is 0.118. The topological polar surface area (TPSA) is 71.3 Å². The lowest BCUT2D eigenvalue weighted by molar-refractivity contribution is -0.385. The molecule has 2 heterocycles. The number of benzene rings is 2. The van der Waals surface area contributed by atoms with Gasteiger partial charge in [-0.05, 0) is 24.1 Å². The van der Waals surface area contributed by atoms with Crippen LogP contribution in [0.15, 0.2) is 53.5 Å². The number of H-pyrrole nitrogens is 1. The van der Waals surface area contributed by atoms with Crippen LogP contribution < -0.4 is 0 Å². The summed E-state index contributed by atoms with van der Waals surface area (Å²) in [6.07, 6.45) is 0.851. The molecular weight excluding hydrogens is 278 g/mol. The van der Waals surface area contributed by atoms with E-state index in [1.807, 2.05) is 24.3 Å². The molecule has 5 nitrogen and oxygen atoms in total. The highest BCUT2D eigenvalue weighted by Gasteiger charge is 2.25. The second-order valence-electron chi connectivity index (χ2n) is 5.28. The monoisotopic (exact) mass is 291 g/mol. The van der Waals surface area contributed by atoms with Gasteiger partial charge in [0.1, 0.15) is 0 Å². The number of para-hydroxylation sites is 2. The number of aliphatic imine (C=N–C) groups is 1. The van der Waals surface area contributed by atoms with Gasteiger partial charge >= 0.3 is 0 Å². The Bertz CT molecular complexity index is 925. The third-order valence-corrected chi connectivity index (χ3v) is 4.04. The summed E-state index contributed by atoms with van der Waals surface area (Å²) in [4.78, 5) is 18.9. The first-order valence-corrected chi connectivity index (χ1v) is 7.14. The predicted molar refractivity (Wildman–Crippen MR) is 85.6 cm³/mol. The van der Waals surface area contributed by atoms with Gasteiger partial charge in [0.15, 0.2) is 0 Å². The minimum Gasteiger partial charge on any atom is -0.353 e. The zero-order valence-corrected chi connectivity index (χ0v) is 11.7. The molecule has 22 heavy (non-hydrogen) atoms. The average molecular weight is 291 g/mol. The van der Waals surface area contributed by atoms with E-state index in [-0.39, 0.29) is 10.6 Å². The summed E-state index contributed by atoms with van der Waals surface area (Å²) in [5.41, 5.74) is 4.48. The molecule has 1 aromatic heterocycles. The molecule has 0 unspecified atom stereocenters. The number of hydrogen-bond acceptors (Lipinski definition) is 3. The first-order valence-electron chi connectivity index (χ1n) is 7.14. The molecular formula is C17H13N3O2.